The van der Waals surface area contributed by atoms with Crippen LogP contribution in [0.25, 0.3) is 11.3 Å². The minimum Gasteiger partial charge on any atom is -0.383 e. The Hall–Kier alpha value is -1.77. The van der Waals surface area contributed by atoms with Crippen LogP contribution in [-0.2, 0) is 6.42 Å². The highest BCUT2D eigenvalue weighted by Gasteiger charge is 2.16. The molecular formula is C15H21N3. The van der Waals surface area contributed by atoms with Gasteiger partial charge in [-0.3, -0.25) is 0 Å². The van der Waals surface area contributed by atoms with E-state index < -0.39 is 0 Å². The zero-order valence-corrected chi connectivity index (χ0v) is 11.6. The summed E-state index contributed by atoms with van der Waals surface area (Å²) in [5.41, 5.74) is 9.49. The van der Waals surface area contributed by atoms with Crippen LogP contribution in [0.3, 0.4) is 0 Å². The number of hydrogen-bond donors (Lipinski definition) is 1. The molecule has 0 radical (unpaired) electrons. The monoisotopic (exact) mass is 243 g/mol. The summed E-state index contributed by atoms with van der Waals surface area (Å²) in [6.07, 6.45) is 0.897. The minimum absolute atomic E-state index is 0.339. The van der Waals surface area contributed by atoms with Crippen molar-refractivity contribution in [3.05, 3.63) is 35.7 Å². The standard InChI is InChI=1S/C15H21N3/c1-5-13-17-14(15(16)18(13)10(2)3)12-8-6-11(4)7-9-12/h6-10H,5,16H2,1-4H3. The van der Waals surface area contributed by atoms with Gasteiger partial charge in [0.1, 0.15) is 17.3 Å². The second-order valence-corrected chi connectivity index (χ2v) is 4.95. The molecule has 0 saturated heterocycles. The van der Waals surface area contributed by atoms with Gasteiger partial charge in [-0.1, -0.05) is 36.8 Å². The number of hydrogen-bond acceptors (Lipinski definition) is 2. The van der Waals surface area contributed by atoms with Gasteiger partial charge in [0.05, 0.1) is 0 Å². The number of aromatic nitrogens is 2. The van der Waals surface area contributed by atoms with Crippen molar-refractivity contribution in [2.75, 3.05) is 5.73 Å². The van der Waals surface area contributed by atoms with Gasteiger partial charge < -0.3 is 10.3 Å². The first-order valence-corrected chi connectivity index (χ1v) is 6.48. The summed E-state index contributed by atoms with van der Waals surface area (Å²) < 4.78 is 2.12. The number of imidazole rings is 1. The Kier molecular flexibility index (Phi) is 3.41. The van der Waals surface area contributed by atoms with Crippen molar-refractivity contribution >= 4 is 5.82 Å². The highest BCUT2D eigenvalue weighted by molar-refractivity contribution is 5.71. The second-order valence-electron chi connectivity index (χ2n) is 4.95. The Bertz CT molecular complexity index is 536. The summed E-state index contributed by atoms with van der Waals surface area (Å²) in [6.45, 7) is 8.46. The molecule has 0 atom stereocenters. The number of benzene rings is 1. The summed E-state index contributed by atoms with van der Waals surface area (Å²) in [5.74, 6) is 1.82. The summed E-state index contributed by atoms with van der Waals surface area (Å²) >= 11 is 0. The second kappa shape index (κ2) is 4.84. The van der Waals surface area contributed by atoms with E-state index in [2.05, 4.69) is 61.5 Å². The van der Waals surface area contributed by atoms with E-state index in [0.29, 0.717) is 6.04 Å². The SMILES string of the molecule is CCc1nc(-c2ccc(C)cc2)c(N)n1C(C)C. The molecule has 1 heterocycles. The van der Waals surface area contributed by atoms with Gasteiger partial charge in [-0.05, 0) is 20.8 Å². The van der Waals surface area contributed by atoms with Gasteiger partial charge >= 0.3 is 0 Å². The molecule has 1 aromatic carbocycles. The molecule has 0 aliphatic heterocycles. The van der Waals surface area contributed by atoms with Crippen molar-refractivity contribution in [2.24, 2.45) is 0 Å². The molecule has 0 unspecified atom stereocenters. The van der Waals surface area contributed by atoms with E-state index in [0.717, 1.165) is 29.3 Å². The Morgan fingerprint density at radius 2 is 1.83 bits per heavy atom. The van der Waals surface area contributed by atoms with Crippen LogP contribution in [0.5, 0.6) is 0 Å². The van der Waals surface area contributed by atoms with Gasteiger partial charge in [0.2, 0.25) is 0 Å². The average Bonchev–Trinajstić information content (AvgIpc) is 2.67. The predicted octanol–water partition coefficient (Wildman–Crippen LogP) is 3.58. The van der Waals surface area contributed by atoms with Gasteiger partial charge in [-0.15, -0.1) is 0 Å². The molecular weight excluding hydrogens is 222 g/mol. The van der Waals surface area contributed by atoms with Crippen LogP contribution in [-0.4, -0.2) is 9.55 Å². The minimum atomic E-state index is 0.339. The van der Waals surface area contributed by atoms with Crippen molar-refractivity contribution in [3.63, 3.8) is 0 Å². The number of anilines is 1. The molecule has 1 aromatic heterocycles. The lowest BCUT2D eigenvalue weighted by Crippen LogP contribution is -2.08. The molecule has 2 aromatic rings. The number of nitrogens with two attached hydrogens (primary N) is 1. The third-order valence-electron chi connectivity index (χ3n) is 3.18. The molecule has 18 heavy (non-hydrogen) atoms. The Morgan fingerprint density at radius 1 is 1.22 bits per heavy atom. The van der Waals surface area contributed by atoms with E-state index in [-0.39, 0.29) is 0 Å². The zero-order valence-electron chi connectivity index (χ0n) is 11.6. The van der Waals surface area contributed by atoms with Crippen molar-refractivity contribution < 1.29 is 0 Å². The summed E-state index contributed by atoms with van der Waals surface area (Å²) in [5, 5.41) is 0. The molecule has 0 aliphatic rings. The Labute approximate surface area is 109 Å². The first-order chi connectivity index (χ1) is 8.54. The van der Waals surface area contributed by atoms with E-state index in [1.807, 2.05) is 0 Å². The topological polar surface area (TPSA) is 43.8 Å². The van der Waals surface area contributed by atoms with Gasteiger partial charge in [-0.2, -0.15) is 0 Å². The normalized spacial score (nSPS) is 11.2. The fourth-order valence-corrected chi connectivity index (χ4v) is 2.24. The Balaban J connectivity index is 2.55. The molecule has 2 rings (SSSR count). The lowest BCUT2D eigenvalue weighted by Gasteiger charge is -2.12. The van der Waals surface area contributed by atoms with Gasteiger partial charge in [0.15, 0.2) is 0 Å². The van der Waals surface area contributed by atoms with Crippen molar-refractivity contribution in [2.45, 2.75) is 40.2 Å². The lowest BCUT2D eigenvalue weighted by molar-refractivity contribution is 0.579. The largest absolute Gasteiger partial charge is 0.383 e. The summed E-state index contributed by atoms with van der Waals surface area (Å²) in [7, 11) is 0. The third-order valence-corrected chi connectivity index (χ3v) is 3.18. The molecule has 0 fully saturated rings. The quantitative estimate of drug-likeness (QED) is 0.895. The number of aryl methyl sites for hydroxylation is 2. The van der Waals surface area contributed by atoms with E-state index in [1.54, 1.807) is 0 Å². The van der Waals surface area contributed by atoms with Crippen molar-refractivity contribution in [1.82, 2.24) is 9.55 Å². The maximum Gasteiger partial charge on any atom is 0.131 e. The lowest BCUT2D eigenvalue weighted by atomic mass is 10.1. The smallest absolute Gasteiger partial charge is 0.131 e. The van der Waals surface area contributed by atoms with E-state index in [9.17, 15) is 0 Å². The average molecular weight is 243 g/mol. The molecule has 0 amide bonds. The fourth-order valence-electron chi connectivity index (χ4n) is 2.24. The highest BCUT2D eigenvalue weighted by atomic mass is 15.2. The van der Waals surface area contributed by atoms with Gasteiger partial charge in [0.25, 0.3) is 0 Å². The molecule has 0 spiro atoms. The van der Waals surface area contributed by atoms with E-state index >= 15 is 0 Å². The molecule has 0 aliphatic carbocycles. The van der Waals surface area contributed by atoms with E-state index in [1.165, 1.54) is 5.56 Å². The van der Waals surface area contributed by atoms with Crippen molar-refractivity contribution in [3.8, 4) is 11.3 Å². The molecule has 3 heteroatoms. The fraction of sp³-hybridized carbons (Fsp3) is 0.400. The van der Waals surface area contributed by atoms with Crippen LogP contribution < -0.4 is 5.73 Å². The predicted molar refractivity (Wildman–Crippen MR) is 76.6 cm³/mol. The van der Waals surface area contributed by atoms with Crippen LogP contribution in [0.15, 0.2) is 24.3 Å². The van der Waals surface area contributed by atoms with Crippen molar-refractivity contribution in [1.29, 1.82) is 0 Å². The van der Waals surface area contributed by atoms with Crippen LogP contribution in [0.4, 0.5) is 5.82 Å². The number of nitrogens with zero attached hydrogens (tertiary/aromatic N) is 2. The molecule has 0 saturated carbocycles. The first kappa shape index (κ1) is 12.7. The Morgan fingerprint density at radius 3 is 2.28 bits per heavy atom. The molecule has 2 N–H and O–H groups in total. The van der Waals surface area contributed by atoms with Crippen LogP contribution >= 0.6 is 0 Å². The van der Waals surface area contributed by atoms with Crippen LogP contribution in [0.2, 0.25) is 0 Å². The molecule has 3 nitrogen and oxygen atoms in total. The maximum atomic E-state index is 6.25. The molecule has 0 bridgehead atoms. The first-order valence-electron chi connectivity index (χ1n) is 6.48. The van der Waals surface area contributed by atoms with Crippen LogP contribution in [0.1, 0.15) is 38.2 Å². The zero-order chi connectivity index (χ0) is 13.3. The van der Waals surface area contributed by atoms with E-state index in [4.69, 9.17) is 5.73 Å². The van der Waals surface area contributed by atoms with Crippen LogP contribution in [0, 0.1) is 6.92 Å². The number of nitrogen functional groups attached to an aromatic ring is 1. The summed E-state index contributed by atoms with van der Waals surface area (Å²) in [6, 6.07) is 8.69. The highest BCUT2D eigenvalue weighted by Crippen LogP contribution is 2.29. The third kappa shape index (κ3) is 2.13. The summed E-state index contributed by atoms with van der Waals surface area (Å²) in [4.78, 5) is 4.69. The molecule has 96 valence electrons. The van der Waals surface area contributed by atoms with Gasteiger partial charge in [0, 0.05) is 18.0 Å². The number of rotatable bonds is 3. The van der Waals surface area contributed by atoms with Gasteiger partial charge in [-0.25, -0.2) is 4.98 Å². The maximum absolute atomic E-state index is 6.25.